The fraction of sp³-hybridized carbons (Fsp3) is 0. The Labute approximate surface area is 91.3 Å². The molecule has 0 fully saturated rings. The maximum absolute atomic E-state index is 13.3. The number of fused-ring (bicyclic) bond motifs is 1. The number of aromatic nitrogens is 1. The van der Waals surface area contributed by atoms with Gasteiger partial charge in [-0.05, 0) is 6.07 Å². The van der Waals surface area contributed by atoms with E-state index in [1.165, 1.54) is 0 Å². The molecule has 2 N–H and O–H groups in total. The first kappa shape index (κ1) is 11.2. The molecule has 88 valence electrons. The van der Waals surface area contributed by atoms with Gasteiger partial charge in [-0.2, -0.15) is 0 Å². The van der Waals surface area contributed by atoms with Gasteiger partial charge in [0.1, 0.15) is 11.4 Å². The molecule has 0 saturated heterocycles. The van der Waals surface area contributed by atoms with Gasteiger partial charge in [0.25, 0.3) is 5.56 Å². The van der Waals surface area contributed by atoms with Gasteiger partial charge in [0, 0.05) is 11.5 Å². The molecule has 17 heavy (non-hydrogen) atoms. The summed E-state index contributed by atoms with van der Waals surface area (Å²) < 4.78 is 39.4. The van der Waals surface area contributed by atoms with Gasteiger partial charge >= 0.3 is 5.97 Å². The molecule has 4 nitrogen and oxygen atoms in total. The van der Waals surface area contributed by atoms with Gasteiger partial charge in [-0.25, -0.2) is 18.0 Å². The zero-order valence-corrected chi connectivity index (χ0v) is 8.05. The second-order valence-corrected chi connectivity index (χ2v) is 3.26. The second-order valence-electron chi connectivity index (χ2n) is 3.26. The van der Waals surface area contributed by atoms with E-state index >= 15 is 0 Å². The minimum atomic E-state index is -1.61. The van der Waals surface area contributed by atoms with Crippen LogP contribution in [-0.4, -0.2) is 16.1 Å². The summed E-state index contributed by atoms with van der Waals surface area (Å²) in [6.45, 7) is 0. The number of carboxylic acid groups (broad SMARTS) is 1. The van der Waals surface area contributed by atoms with Crippen LogP contribution < -0.4 is 5.56 Å². The van der Waals surface area contributed by atoms with Crippen LogP contribution in [0.4, 0.5) is 13.2 Å². The summed E-state index contributed by atoms with van der Waals surface area (Å²) >= 11 is 0. The average Bonchev–Trinajstić information content (AvgIpc) is 2.25. The Kier molecular flexibility index (Phi) is 2.38. The molecule has 0 radical (unpaired) electrons. The molecule has 1 heterocycles. The molecule has 0 atom stereocenters. The first-order valence-electron chi connectivity index (χ1n) is 4.35. The van der Waals surface area contributed by atoms with Crippen molar-refractivity contribution < 1.29 is 23.1 Å². The Balaban J connectivity index is 2.99. The van der Waals surface area contributed by atoms with E-state index in [1.54, 1.807) is 0 Å². The van der Waals surface area contributed by atoms with E-state index < -0.39 is 45.4 Å². The Hall–Kier alpha value is -2.31. The average molecular weight is 243 g/mol. The van der Waals surface area contributed by atoms with Crippen LogP contribution in [0.25, 0.3) is 10.9 Å². The molecule has 2 rings (SSSR count). The number of halogens is 3. The molecule has 0 aliphatic heterocycles. The summed E-state index contributed by atoms with van der Waals surface area (Å²) in [5.74, 6) is -5.66. The third-order valence-corrected chi connectivity index (χ3v) is 2.21. The number of benzene rings is 1. The van der Waals surface area contributed by atoms with Crippen LogP contribution in [0.15, 0.2) is 16.9 Å². The van der Waals surface area contributed by atoms with E-state index in [4.69, 9.17) is 5.11 Å². The van der Waals surface area contributed by atoms with Crippen LogP contribution in [0.2, 0.25) is 0 Å². The van der Waals surface area contributed by atoms with Crippen LogP contribution in [-0.2, 0) is 0 Å². The molecule has 1 aromatic heterocycles. The van der Waals surface area contributed by atoms with Crippen LogP contribution >= 0.6 is 0 Å². The Bertz CT molecular complexity index is 693. The number of hydrogen-bond acceptors (Lipinski definition) is 2. The number of nitrogens with one attached hydrogen (secondary N) is 1. The molecule has 0 amide bonds. The zero-order valence-electron chi connectivity index (χ0n) is 8.05. The van der Waals surface area contributed by atoms with Gasteiger partial charge in [-0.3, -0.25) is 4.79 Å². The molecular formula is C10H4F3NO3. The van der Waals surface area contributed by atoms with Crippen molar-refractivity contribution in [1.82, 2.24) is 4.98 Å². The summed E-state index contributed by atoms with van der Waals surface area (Å²) in [5, 5.41) is 8.00. The lowest BCUT2D eigenvalue weighted by atomic mass is 10.1. The predicted octanol–water partition coefficient (Wildman–Crippen LogP) is 1.64. The molecule has 0 saturated carbocycles. The first-order valence-corrected chi connectivity index (χ1v) is 4.35. The summed E-state index contributed by atoms with van der Waals surface area (Å²) in [6.07, 6.45) is 0. The highest BCUT2D eigenvalue weighted by molar-refractivity contribution is 5.92. The highest BCUT2D eigenvalue weighted by Crippen LogP contribution is 2.21. The predicted molar refractivity (Wildman–Crippen MR) is 51.4 cm³/mol. The molecule has 0 spiro atoms. The number of aromatic carboxylic acids is 1. The van der Waals surface area contributed by atoms with E-state index in [2.05, 4.69) is 0 Å². The normalized spacial score (nSPS) is 10.8. The lowest BCUT2D eigenvalue weighted by Gasteiger charge is -2.03. The van der Waals surface area contributed by atoms with Crippen molar-refractivity contribution >= 4 is 16.9 Å². The van der Waals surface area contributed by atoms with Crippen molar-refractivity contribution in [2.24, 2.45) is 0 Å². The number of carbonyl (C=O) groups is 1. The Morgan fingerprint density at radius 2 is 1.82 bits per heavy atom. The van der Waals surface area contributed by atoms with E-state index in [-0.39, 0.29) is 6.07 Å². The van der Waals surface area contributed by atoms with Crippen LogP contribution in [0, 0.1) is 17.5 Å². The fourth-order valence-electron chi connectivity index (χ4n) is 1.43. The SMILES string of the molecule is O=C(O)c1cc2c(F)c(F)cc(F)c2[nH]c1=O. The summed E-state index contributed by atoms with van der Waals surface area (Å²) in [6, 6.07) is 0.867. The molecule has 2 aromatic rings. The third-order valence-electron chi connectivity index (χ3n) is 2.21. The smallest absolute Gasteiger partial charge is 0.341 e. The van der Waals surface area contributed by atoms with E-state index in [0.29, 0.717) is 6.07 Å². The molecule has 1 aromatic carbocycles. The quantitative estimate of drug-likeness (QED) is 0.748. The van der Waals surface area contributed by atoms with Crippen LogP contribution in [0.5, 0.6) is 0 Å². The van der Waals surface area contributed by atoms with Crippen molar-refractivity contribution in [1.29, 1.82) is 0 Å². The molecule has 0 aliphatic carbocycles. The van der Waals surface area contributed by atoms with Crippen molar-refractivity contribution in [3.8, 4) is 0 Å². The zero-order chi connectivity index (χ0) is 12.7. The van der Waals surface area contributed by atoms with Gasteiger partial charge in [0.05, 0.1) is 5.52 Å². The maximum atomic E-state index is 13.3. The number of carboxylic acids is 1. The maximum Gasteiger partial charge on any atom is 0.341 e. The number of H-pyrrole nitrogens is 1. The van der Waals surface area contributed by atoms with Crippen LogP contribution in [0.1, 0.15) is 10.4 Å². The van der Waals surface area contributed by atoms with Gasteiger partial charge in [-0.1, -0.05) is 0 Å². The topological polar surface area (TPSA) is 70.2 Å². The summed E-state index contributed by atoms with van der Waals surface area (Å²) in [7, 11) is 0. The van der Waals surface area contributed by atoms with Gasteiger partial charge in [-0.15, -0.1) is 0 Å². The molecular weight excluding hydrogens is 239 g/mol. The standard InChI is InChI=1S/C10H4F3NO3/c11-5-2-6(12)8-3(7(5)13)1-4(10(16)17)9(15)14-8/h1-2H,(H,14,15)(H,16,17). The van der Waals surface area contributed by atoms with Crippen molar-refractivity contribution in [2.75, 3.05) is 0 Å². The van der Waals surface area contributed by atoms with Gasteiger partial charge < -0.3 is 10.1 Å². The summed E-state index contributed by atoms with van der Waals surface area (Å²) in [4.78, 5) is 23.7. The molecule has 0 bridgehead atoms. The van der Waals surface area contributed by atoms with E-state index in [1.807, 2.05) is 4.98 Å². The van der Waals surface area contributed by atoms with E-state index in [0.717, 1.165) is 0 Å². The Morgan fingerprint density at radius 1 is 1.18 bits per heavy atom. The van der Waals surface area contributed by atoms with Gasteiger partial charge in [0.2, 0.25) is 0 Å². The molecule has 7 heteroatoms. The first-order chi connectivity index (χ1) is 7.91. The minimum Gasteiger partial charge on any atom is -0.477 e. The lowest BCUT2D eigenvalue weighted by Crippen LogP contribution is -2.18. The molecule has 0 aliphatic rings. The number of aromatic amines is 1. The highest BCUT2D eigenvalue weighted by atomic mass is 19.2. The second kappa shape index (κ2) is 3.62. The monoisotopic (exact) mass is 243 g/mol. The third kappa shape index (κ3) is 1.65. The number of pyridine rings is 1. The number of rotatable bonds is 1. The van der Waals surface area contributed by atoms with Crippen molar-refractivity contribution in [2.45, 2.75) is 0 Å². The fourth-order valence-corrected chi connectivity index (χ4v) is 1.43. The minimum absolute atomic E-state index is 0.272. The van der Waals surface area contributed by atoms with Crippen LogP contribution in [0.3, 0.4) is 0 Å². The van der Waals surface area contributed by atoms with Crippen molar-refractivity contribution in [3.63, 3.8) is 0 Å². The Morgan fingerprint density at radius 3 is 2.41 bits per heavy atom. The van der Waals surface area contributed by atoms with E-state index in [9.17, 15) is 22.8 Å². The molecule has 0 unspecified atom stereocenters. The van der Waals surface area contributed by atoms with Crippen molar-refractivity contribution in [3.05, 3.63) is 45.5 Å². The lowest BCUT2D eigenvalue weighted by molar-refractivity contribution is 0.0695. The van der Waals surface area contributed by atoms with Gasteiger partial charge in [0.15, 0.2) is 11.6 Å². The number of hydrogen-bond donors (Lipinski definition) is 2. The largest absolute Gasteiger partial charge is 0.477 e. The highest BCUT2D eigenvalue weighted by Gasteiger charge is 2.17. The summed E-state index contributed by atoms with van der Waals surface area (Å²) in [5.41, 5.74) is -2.45.